The zero-order valence-electron chi connectivity index (χ0n) is 14.7. The van der Waals surface area contributed by atoms with E-state index in [0.29, 0.717) is 29.3 Å². The van der Waals surface area contributed by atoms with Gasteiger partial charge in [0.2, 0.25) is 5.91 Å². The van der Waals surface area contributed by atoms with Gasteiger partial charge >= 0.3 is 5.97 Å². The van der Waals surface area contributed by atoms with E-state index in [2.05, 4.69) is 10.4 Å². The molecule has 3 aromatic rings. The van der Waals surface area contributed by atoms with E-state index in [0.717, 1.165) is 21.5 Å². The number of carbonyl (C=O) groups excluding carboxylic acids is 2. The Hall–Kier alpha value is -2.38. The predicted molar refractivity (Wildman–Crippen MR) is 104 cm³/mol. The first-order valence-electron chi connectivity index (χ1n) is 8.67. The Bertz CT molecular complexity index is 1010. The van der Waals surface area contributed by atoms with Crippen molar-refractivity contribution in [1.29, 1.82) is 0 Å². The number of benzene rings is 1. The fraction of sp³-hybridized carbons (Fsp3) is 0.316. The Labute approximate surface area is 165 Å². The molecule has 1 aliphatic heterocycles. The highest BCUT2D eigenvalue weighted by Crippen LogP contribution is 2.29. The Morgan fingerprint density at radius 1 is 1.41 bits per heavy atom. The molecule has 1 aromatic carbocycles. The van der Waals surface area contributed by atoms with Gasteiger partial charge in [-0.3, -0.25) is 9.48 Å². The molecule has 1 aliphatic rings. The van der Waals surface area contributed by atoms with Gasteiger partial charge in [0.25, 0.3) is 0 Å². The van der Waals surface area contributed by atoms with Crippen LogP contribution < -0.4 is 5.32 Å². The van der Waals surface area contributed by atoms with Crippen LogP contribution in [0.5, 0.6) is 0 Å². The van der Waals surface area contributed by atoms with Gasteiger partial charge in [-0.1, -0.05) is 23.7 Å². The maximum Gasteiger partial charge on any atom is 0.348 e. The highest BCUT2D eigenvalue weighted by molar-refractivity contribution is 7.20. The second kappa shape index (κ2) is 7.32. The molecule has 1 N–H and O–H groups in total. The van der Waals surface area contributed by atoms with Crippen LogP contribution in [-0.2, 0) is 16.1 Å². The number of aromatic nitrogens is 2. The summed E-state index contributed by atoms with van der Waals surface area (Å²) in [6, 6.07) is 9.37. The van der Waals surface area contributed by atoms with E-state index in [1.54, 1.807) is 0 Å². The van der Waals surface area contributed by atoms with Crippen LogP contribution >= 0.6 is 22.9 Å². The predicted octanol–water partition coefficient (Wildman–Crippen LogP) is 3.54. The van der Waals surface area contributed by atoms with Gasteiger partial charge in [-0.15, -0.1) is 11.3 Å². The maximum absolute atomic E-state index is 12.4. The second-order valence-electron chi connectivity index (χ2n) is 6.60. The van der Waals surface area contributed by atoms with Crippen molar-refractivity contribution in [3.05, 3.63) is 51.5 Å². The number of halogens is 1. The van der Waals surface area contributed by atoms with Crippen LogP contribution in [0.3, 0.4) is 0 Å². The molecule has 6 nitrogen and oxygen atoms in total. The molecule has 0 spiro atoms. The summed E-state index contributed by atoms with van der Waals surface area (Å²) in [5.74, 6) is -0.356. The van der Waals surface area contributed by atoms with Crippen molar-refractivity contribution in [2.45, 2.75) is 32.4 Å². The third kappa shape index (κ3) is 3.84. The molecular formula is C19H18ClN3O3S. The number of ether oxygens (including phenoxy) is 1. The molecule has 0 aliphatic carbocycles. The number of amides is 1. The van der Waals surface area contributed by atoms with E-state index in [-0.39, 0.29) is 24.5 Å². The number of hydrogen-bond acceptors (Lipinski definition) is 5. The lowest BCUT2D eigenvalue weighted by Crippen LogP contribution is -2.30. The number of hydrogen-bond donors (Lipinski definition) is 1. The molecule has 0 saturated carbocycles. The molecule has 0 bridgehead atoms. The standard InChI is InChI=1S/C19H18ClN3O3S/c1-11-15-8-16(19(25)26-10-14-6-7-17(24)21-14)27-18(15)23(22-11)9-12-2-4-13(20)5-3-12/h2-5,8,14H,6-7,9-10H2,1H3,(H,21,24). The summed E-state index contributed by atoms with van der Waals surface area (Å²) in [6.07, 6.45) is 1.19. The van der Waals surface area contributed by atoms with Crippen molar-refractivity contribution in [3.8, 4) is 0 Å². The van der Waals surface area contributed by atoms with Gasteiger partial charge in [0, 0.05) is 16.8 Å². The molecule has 1 unspecified atom stereocenters. The first-order valence-corrected chi connectivity index (χ1v) is 9.87. The molecule has 1 amide bonds. The van der Waals surface area contributed by atoms with Gasteiger partial charge in [0.05, 0.1) is 18.3 Å². The number of carbonyl (C=O) groups is 2. The van der Waals surface area contributed by atoms with Gasteiger partial charge in [-0.05, 0) is 37.1 Å². The topological polar surface area (TPSA) is 73.2 Å². The number of rotatable bonds is 5. The zero-order valence-corrected chi connectivity index (χ0v) is 16.3. The van der Waals surface area contributed by atoms with Gasteiger partial charge in [-0.2, -0.15) is 5.10 Å². The first kappa shape index (κ1) is 18.0. The van der Waals surface area contributed by atoms with Crippen LogP contribution in [0, 0.1) is 6.92 Å². The Morgan fingerprint density at radius 3 is 2.89 bits per heavy atom. The van der Waals surface area contributed by atoms with E-state index < -0.39 is 0 Å². The normalized spacial score (nSPS) is 16.7. The third-order valence-electron chi connectivity index (χ3n) is 4.55. The highest BCUT2D eigenvalue weighted by atomic mass is 35.5. The fourth-order valence-electron chi connectivity index (χ4n) is 3.13. The zero-order chi connectivity index (χ0) is 19.0. The summed E-state index contributed by atoms with van der Waals surface area (Å²) in [7, 11) is 0. The minimum atomic E-state index is -0.366. The van der Waals surface area contributed by atoms with Crippen molar-refractivity contribution in [1.82, 2.24) is 15.1 Å². The lowest BCUT2D eigenvalue weighted by atomic mass is 10.2. The van der Waals surface area contributed by atoms with Gasteiger partial charge < -0.3 is 10.1 Å². The second-order valence-corrected chi connectivity index (χ2v) is 8.07. The van der Waals surface area contributed by atoms with Crippen molar-refractivity contribution >= 4 is 45.0 Å². The number of nitrogens with one attached hydrogen (secondary N) is 1. The summed E-state index contributed by atoms with van der Waals surface area (Å²) in [5, 5.41) is 9.02. The summed E-state index contributed by atoms with van der Waals surface area (Å²) >= 11 is 7.31. The van der Waals surface area contributed by atoms with Crippen LogP contribution in [0.15, 0.2) is 30.3 Å². The molecule has 0 radical (unpaired) electrons. The summed E-state index contributed by atoms with van der Waals surface area (Å²) < 4.78 is 7.28. The number of nitrogens with zero attached hydrogens (tertiary/aromatic N) is 2. The minimum absolute atomic E-state index is 0.0100. The lowest BCUT2D eigenvalue weighted by Gasteiger charge is -2.09. The molecule has 1 saturated heterocycles. The number of aryl methyl sites for hydroxylation is 1. The first-order chi connectivity index (χ1) is 13.0. The molecule has 8 heteroatoms. The van der Waals surface area contributed by atoms with Crippen molar-refractivity contribution in [3.63, 3.8) is 0 Å². The van der Waals surface area contributed by atoms with Crippen LogP contribution in [0.2, 0.25) is 5.02 Å². The van der Waals surface area contributed by atoms with E-state index in [1.807, 2.05) is 41.9 Å². The van der Waals surface area contributed by atoms with Crippen molar-refractivity contribution in [2.75, 3.05) is 6.61 Å². The lowest BCUT2D eigenvalue weighted by molar-refractivity contribution is -0.119. The van der Waals surface area contributed by atoms with Crippen molar-refractivity contribution < 1.29 is 14.3 Å². The smallest absolute Gasteiger partial charge is 0.348 e. The molecule has 1 fully saturated rings. The molecule has 3 heterocycles. The van der Waals surface area contributed by atoms with Crippen LogP contribution in [0.1, 0.15) is 33.8 Å². The Morgan fingerprint density at radius 2 is 2.19 bits per heavy atom. The van der Waals surface area contributed by atoms with E-state index in [4.69, 9.17) is 16.3 Å². The minimum Gasteiger partial charge on any atom is -0.459 e. The average Bonchev–Trinajstić information content (AvgIpc) is 3.33. The fourth-order valence-corrected chi connectivity index (χ4v) is 4.31. The Kier molecular flexibility index (Phi) is 4.88. The summed E-state index contributed by atoms with van der Waals surface area (Å²) in [4.78, 5) is 25.1. The van der Waals surface area contributed by atoms with Crippen LogP contribution in [0.4, 0.5) is 0 Å². The number of esters is 1. The molecule has 140 valence electrons. The number of thiophene rings is 1. The number of fused-ring (bicyclic) bond motifs is 1. The molecule has 1 atom stereocenters. The van der Waals surface area contributed by atoms with Crippen LogP contribution in [0.25, 0.3) is 10.2 Å². The van der Waals surface area contributed by atoms with Gasteiger partial charge in [-0.25, -0.2) is 4.79 Å². The average molecular weight is 404 g/mol. The molecule has 27 heavy (non-hydrogen) atoms. The molecule has 2 aromatic heterocycles. The van der Waals surface area contributed by atoms with Gasteiger partial charge in [0.15, 0.2) is 0 Å². The van der Waals surface area contributed by atoms with Crippen molar-refractivity contribution in [2.24, 2.45) is 0 Å². The quantitative estimate of drug-likeness (QED) is 0.661. The van der Waals surface area contributed by atoms with E-state index in [9.17, 15) is 9.59 Å². The third-order valence-corrected chi connectivity index (χ3v) is 5.94. The van der Waals surface area contributed by atoms with Crippen LogP contribution in [-0.4, -0.2) is 34.3 Å². The maximum atomic E-state index is 12.4. The van der Waals surface area contributed by atoms with Gasteiger partial charge in [0.1, 0.15) is 16.3 Å². The Balaban J connectivity index is 1.50. The van der Waals surface area contributed by atoms with E-state index >= 15 is 0 Å². The highest BCUT2D eigenvalue weighted by Gasteiger charge is 2.23. The molecular weight excluding hydrogens is 386 g/mol. The SMILES string of the molecule is Cc1nn(Cc2ccc(Cl)cc2)c2sc(C(=O)OCC3CCC(=O)N3)cc12. The largest absolute Gasteiger partial charge is 0.459 e. The van der Waals surface area contributed by atoms with E-state index in [1.165, 1.54) is 11.3 Å². The summed E-state index contributed by atoms with van der Waals surface area (Å²) in [6.45, 7) is 2.73. The molecule has 4 rings (SSSR count). The summed E-state index contributed by atoms with van der Waals surface area (Å²) in [5.41, 5.74) is 1.95. The monoisotopic (exact) mass is 403 g/mol.